The lowest BCUT2D eigenvalue weighted by Crippen LogP contribution is -2.54. The van der Waals surface area contributed by atoms with Crippen molar-refractivity contribution < 1.29 is 50.8 Å². The summed E-state index contributed by atoms with van der Waals surface area (Å²) in [6.07, 6.45) is -16.0. The van der Waals surface area contributed by atoms with Gasteiger partial charge in [-0.15, -0.1) is 0 Å². The minimum atomic E-state index is -4.75. The van der Waals surface area contributed by atoms with Crippen molar-refractivity contribution in [2.75, 3.05) is 0 Å². The zero-order chi connectivity index (χ0) is 19.9. The van der Waals surface area contributed by atoms with E-state index in [2.05, 4.69) is 0 Å². The summed E-state index contributed by atoms with van der Waals surface area (Å²) in [5.74, 6) is -2.49. The highest BCUT2D eigenvalue weighted by atomic mass is 19.4. The van der Waals surface area contributed by atoms with Gasteiger partial charge in [0.25, 0.3) is 0 Å². The van der Waals surface area contributed by atoms with Crippen molar-refractivity contribution in [3.8, 4) is 0 Å². The van der Waals surface area contributed by atoms with Gasteiger partial charge >= 0.3 is 12.4 Å². The van der Waals surface area contributed by atoms with Gasteiger partial charge in [-0.25, -0.2) is 0 Å². The molecule has 5 unspecified atom stereocenters. The van der Waals surface area contributed by atoms with Crippen molar-refractivity contribution in [3.63, 3.8) is 0 Å². The zero-order valence-electron chi connectivity index (χ0n) is 14.9. The highest BCUT2D eigenvalue weighted by Crippen LogP contribution is 2.43. The Kier molecular flexibility index (Phi) is 6.19. The van der Waals surface area contributed by atoms with Crippen LogP contribution in [0.5, 0.6) is 0 Å². The first kappa shape index (κ1) is 21.7. The minimum absolute atomic E-state index is 0.104. The van der Waals surface area contributed by atoms with Crippen molar-refractivity contribution in [3.05, 3.63) is 0 Å². The van der Waals surface area contributed by atoms with E-state index in [4.69, 9.17) is 19.4 Å². The monoisotopic (exact) mass is 396 g/mol. The largest absolute Gasteiger partial charge is 0.421 e. The highest BCUT2D eigenvalue weighted by molar-refractivity contribution is 4.79. The van der Waals surface area contributed by atoms with Crippen LogP contribution in [0.4, 0.5) is 26.3 Å². The fourth-order valence-corrected chi connectivity index (χ4v) is 3.09. The molecule has 2 aliphatic rings. The van der Waals surface area contributed by atoms with Gasteiger partial charge in [0.15, 0.2) is 0 Å². The van der Waals surface area contributed by atoms with E-state index in [9.17, 15) is 26.3 Å². The third-order valence-electron chi connectivity index (χ3n) is 4.73. The van der Waals surface area contributed by atoms with Crippen LogP contribution in [0.1, 0.15) is 47.0 Å². The molecule has 11 heteroatoms. The molecule has 0 radical (unpaired) electrons. The second kappa shape index (κ2) is 7.42. The summed E-state index contributed by atoms with van der Waals surface area (Å²) < 4.78 is 80.1. The predicted octanol–water partition coefficient (Wildman–Crippen LogP) is 4.64. The van der Waals surface area contributed by atoms with E-state index in [-0.39, 0.29) is 6.42 Å². The molecule has 0 saturated carbocycles. The molecule has 0 amide bonds. The predicted molar refractivity (Wildman–Crippen MR) is 75.4 cm³/mol. The Morgan fingerprint density at radius 3 is 1.96 bits per heavy atom. The Morgan fingerprint density at radius 2 is 1.46 bits per heavy atom. The summed E-state index contributed by atoms with van der Waals surface area (Å²) in [7, 11) is 0. The Balaban J connectivity index is 2.40. The maximum atomic E-state index is 13.4. The normalized spacial score (nSPS) is 43.2. The summed E-state index contributed by atoms with van der Waals surface area (Å²) in [6, 6.07) is 0. The summed E-state index contributed by atoms with van der Waals surface area (Å²) >= 11 is 0. The smallest absolute Gasteiger partial charge is 0.171 e. The first-order chi connectivity index (χ1) is 11.8. The lowest BCUT2D eigenvalue weighted by Gasteiger charge is -2.30. The van der Waals surface area contributed by atoms with E-state index in [0.29, 0.717) is 0 Å². The fourth-order valence-electron chi connectivity index (χ4n) is 3.09. The second-order valence-corrected chi connectivity index (χ2v) is 6.96. The molecule has 0 aromatic rings. The lowest BCUT2D eigenvalue weighted by atomic mass is 9.94. The Bertz CT molecular complexity index is 488. The minimum Gasteiger partial charge on any atom is -0.171 e. The average molecular weight is 396 g/mol. The van der Waals surface area contributed by atoms with Gasteiger partial charge in [0, 0.05) is 0 Å². The standard InChI is InChI=1S/C15H24F6NO4/c1-5-12-11(14(16,17)18)7-9(3)23-22(25-12)24-10(4)8(2)6-13(26-22)15(19,20)21/h8-13H,5-7H2,1-4H3/q+1/t8-,9?,10?,11?,12-,13?,22?/m0/s1. The topological polar surface area (TPSA) is 36.9 Å². The van der Waals surface area contributed by atoms with Crippen LogP contribution in [-0.4, -0.2) is 41.9 Å². The van der Waals surface area contributed by atoms with Crippen LogP contribution in [0.3, 0.4) is 0 Å². The first-order valence-corrected chi connectivity index (χ1v) is 8.53. The van der Waals surface area contributed by atoms with Crippen molar-refractivity contribution >= 4 is 0 Å². The van der Waals surface area contributed by atoms with Crippen LogP contribution in [-0.2, 0) is 19.4 Å². The maximum absolute atomic E-state index is 13.4. The van der Waals surface area contributed by atoms with Gasteiger partial charge in [-0.2, -0.15) is 26.3 Å². The molecular formula is C15H24F6NO4+. The van der Waals surface area contributed by atoms with Crippen molar-refractivity contribution in [1.82, 2.24) is 0 Å². The lowest BCUT2D eigenvalue weighted by molar-refractivity contribution is -1.48. The van der Waals surface area contributed by atoms with E-state index < -0.39 is 66.6 Å². The first-order valence-electron chi connectivity index (χ1n) is 8.53. The maximum Gasteiger partial charge on any atom is 0.421 e. The van der Waals surface area contributed by atoms with Crippen molar-refractivity contribution in [2.45, 2.75) is 83.7 Å². The van der Waals surface area contributed by atoms with Gasteiger partial charge in [0.2, 0.25) is 11.2 Å². The molecule has 5 nitrogen and oxygen atoms in total. The molecule has 0 aromatic carbocycles. The molecule has 0 N–H and O–H groups in total. The molecule has 2 fully saturated rings. The second-order valence-electron chi connectivity index (χ2n) is 6.96. The molecule has 1 spiro atoms. The summed E-state index contributed by atoms with van der Waals surface area (Å²) in [5.41, 5.74) is 0. The fraction of sp³-hybridized carbons (Fsp3) is 1.00. The molecule has 154 valence electrons. The molecule has 2 heterocycles. The van der Waals surface area contributed by atoms with Crippen LogP contribution in [0.25, 0.3) is 0 Å². The summed E-state index contributed by atoms with van der Waals surface area (Å²) in [4.78, 5) is 21.0. The summed E-state index contributed by atoms with van der Waals surface area (Å²) in [5, 5.41) is -1.80. The Labute approximate surface area is 147 Å². The number of hydrogen-bond donors (Lipinski definition) is 0. The SMILES string of the molecule is CC[C@@H]1O[N+]2(OC(C)CC1C(F)(F)F)OC(C)[C@@H](C)CC(C(F)(F)F)O2. The van der Waals surface area contributed by atoms with Crippen LogP contribution >= 0.6 is 0 Å². The number of nitrogens with zero attached hydrogens (tertiary/aromatic N) is 1. The van der Waals surface area contributed by atoms with E-state index in [0.717, 1.165) is 0 Å². The Hall–Kier alpha value is -0.620. The number of quaternary nitrogens is 1. The van der Waals surface area contributed by atoms with E-state index in [1.54, 1.807) is 0 Å². The van der Waals surface area contributed by atoms with Crippen molar-refractivity contribution in [2.24, 2.45) is 11.8 Å². The molecular weight excluding hydrogens is 372 g/mol. The molecule has 2 rings (SSSR count). The molecule has 0 bridgehead atoms. The molecule has 0 aromatic heterocycles. The van der Waals surface area contributed by atoms with Gasteiger partial charge in [-0.1, -0.05) is 33.2 Å². The van der Waals surface area contributed by atoms with Crippen LogP contribution in [0.15, 0.2) is 0 Å². The van der Waals surface area contributed by atoms with E-state index in [1.165, 1.54) is 27.7 Å². The quantitative estimate of drug-likeness (QED) is 0.478. The third-order valence-corrected chi connectivity index (χ3v) is 4.73. The third kappa shape index (κ3) is 4.80. The zero-order valence-corrected chi connectivity index (χ0v) is 14.9. The molecule has 7 atom stereocenters. The van der Waals surface area contributed by atoms with Gasteiger partial charge in [-0.05, 0) is 39.0 Å². The molecule has 0 aliphatic carbocycles. The van der Waals surface area contributed by atoms with Crippen molar-refractivity contribution in [1.29, 1.82) is 0 Å². The molecule has 2 aliphatic heterocycles. The number of halogens is 6. The highest BCUT2D eigenvalue weighted by Gasteiger charge is 2.61. The Morgan fingerprint density at radius 1 is 0.846 bits per heavy atom. The molecule has 2 saturated heterocycles. The molecule has 26 heavy (non-hydrogen) atoms. The number of hydrogen-bond acceptors (Lipinski definition) is 4. The van der Waals surface area contributed by atoms with Crippen LogP contribution in [0.2, 0.25) is 0 Å². The van der Waals surface area contributed by atoms with Gasteiger partial charge in [0.05, 0.1) is 5.92 Å². The van der Waals surface area contributed by atoms with Gasteiger partial charge in [0.1, 0.15) is 18.3 Å². The number of alkyl halides is 6. The summed E-state index contributed by atoms with van der Waals surface area (Å²) in [6.45, 7) is 5.79. The van der Waals surface area contributed by atoms with Crippen LogP contribution in [0, 0.1) is 11.8 Å². The van der Waals surface area contributed by atoms with Gasteiger partial charge < -0.3 is 0 Å². The number of rotatable bonds is 1. The van der Waals surface area contributed by atoms with E-state index in [1.807, 2.05) is 0 Å². The average Bonchev–Trinajstić information content (AvgIpc) is 2.68. The van der Waals surface area contributed by atoms with Gasteiger partial charge in [-0.3, -0.25) is 0 Å². The van der Waals surface area contributed by atoms with E-state index >= 15 is 0 Å². The van der Waals surface area contributed by atoms with Crippen LogP contribution < -0.4 is 0 Å².